The van der Waals surface area contributed by atoms with Gasteiger partial charge in [-0.1, -0.05) is 30.3 Å². The van der Waals surface area contributed by atoms with Crippen LogP contribution in [0, 0.1) is 0 Å². The summed E-state index contributed by atoms with van der Waals surface area (Å²) in [7, 11) is 0. The number of para-hydroxylation sites is 1. The Morgan fingerprint density at radius 2 is 2.08 bits per heavy atom. The number of benzene rings is 1. The molecule has 24 heavy (non-hydrogen) atoms. The summed E-state index contributed by atoms with van der Waals surface area (Å²) in [6, 6.07) is 15.7. The number of aromatic nitrogens is 1. The number of fused-ring (bicyclic) bond motifs is 1. The maximum absolute atomic E-state index is 11.7. The fourth-order valence-corrected chi connectivity index (χ4v) is 4.38. The van der Waals surface area contributed by atoms with E-state index in [1.807, 2.05) is 41.8 Å². The summed E-state index contributed by atoms with van der Waals surface area (Å²) in [5.74, 6) is -0.741. The zero-order valence-corrected chi connectivity index (χ0v) is 13.9. The first-order chi connectivity index (χ1) is 11.7. The van der Waals surface area contributed by atoms with Gasteiger partial charge in [0.15, 0.2) is 0 Å². The number of carboxylic acids is 1. The normalized spacial score (nSPS) is 19.6. The lowest BCUT2D eigenvalue weighted by atomic mass is 10.1. The van der Waals surface area contributed by atoms with Gasteiger partial charge in [0.2, 0.25) is 0 Å². The lowest BCUT2D eigenvalue weighted by Crippen LogP contribution is -2.39. The van der Waals surface area contributed by atoms with Crippen molar-refractivity contribution in [1.29, 1.82) is 0 Å². The SMILES string of the molecule is O=C(O)C1CCCN1C(c1ccc2ccccc2n1)c1cccs1. The van der Waals surface area contributed by atoms with Gasteiger partial charge in [0.25, 0.3) is 0 Å². The Labute approximate surface area is 144 Å². The van der Waals surface area contributed by atoms with E-state index in [9.17, 15) is 9.90 Å². The standard InChI is InChI=1S/C19H18N2O2S/c22-19(23)16-7-3-11-21(16)18(17-8-4-12-24-17)15-10-9-13-5-1-2-6-14(13)20-15/h1-2,4-6,8-10,12,16,18H,3,7,11H2,(H,22,23). The lowest BCUT2D eigenvalue weighted by molar-refractivity contribution is -0.142. The van der Waals surface area contributed by atoms with Crippen molar-refractivity contribution in [2.24, 2.45) is 0 Å². The number of carboxylic acid groups (broad SMARTS) is 1. The summed E-state index contributed by atoms with van der Waals surface area (Å²) in [6.07, 6.45) is 1.61. The van der Waals surface area contributed by atoms with Gasteiger partial charge >= 0.3 is 5.97 Å². The third-order valence-electron chi connectivity index (χ3n) is 4.62. The van der Waals surface area contributed by atoms with Gasteiger partial charge in [0, 0.05) is 16.8 Å². The van der Waals surface area contributed by atoms with Gasteiger partial charge in [0.1, 0.15) is 6.04 Å². The first-order valence-corrected chi connectivity index (χ1v) is 8.99. The van der Waals surface area contributed by atoms with Crippen LogP contribution in [0.2, 0.25) is 0 Å². The van der Waals surface area contributed by atoms with Crippen LogP contribution in [0.3, 0.4) is 0 Å². The molecule has 0 radical (unpaired) electrons. The lowest BCUT2D eigenvalue weighted by Gasteiger charge is -2.30. The summed E-state index contributed by atoms with van der Waals surface area (Å²) in [4.78, 5) is 19.7. The number of likely N-dealkylation sites (tertiary alicyclic amines) is 1. The molecule has 1 saturated heterocycles. The second kappa shape index (κ2) is 6.34. The van der Waals surface area contributed by atoms with Crippen molar-refractivity contribution in [1.82, 2.24) is 9.88 Å². The average molecular weight is 338 g/mol. The average Bonchev–Trinajstić information content (AvgIpc) is 3.27. The molecular formula is C19H18N2O2S. The van der Waals surface area contributed by atoms with E-state index in [2.05, 4.69) is 17.0 Å². The quantitative estimate of drug-likeness (QED) is 0.783. The van der Waals surface area contributed by atoms with Gasteiger partial charge in [-0.05, 0) is 36.4 Å². The molecular weight excluding hydrogens is 320 g/mol. The first kappa shape index (κ1) is 15.3. The highest BCUT2D eigenvalue weighted by Crippen LogP contribution is 2.36. The van der Waals surface area contributed by atoms with Gasteiger partial charge < -0.3 is 5.11 Å². The number of hydrogen-bond donors (Lipinski definition) is 1. The molecule has 1 aliphatic heterocycles. The molecule has 0 aliphatic carbocycles. The second-order valence-electron chi connectivity index (χ2n) is 6.08. The molecule has 1 aromatic carbocycles. The van der Waals surface area contributed by atoms with Crippen LogP contribution >= 0.6 is 11.3 Å². The molecule has 0 bridgehead atoms. The minimum absolute atomic E-state index is 0.0989. The molecule has 5 heteroatoms. The van der Waals surface area contributed by atoms with Crippen molar-refractivity contribution in [3.05, 3.63) is 64.5 Å². The molecule has 0 saturated carbocycles. The number of aliphatic carboxylic acids is 1. The molecule has 122 valence electrons. The highest BCUT2D eigenvalue weighted by Gasteiger charge is 2.37. The molecule has 2 aromatic heterocycles. The maximum Gasteiger partial charge on any atom is 0.320 e. The molecule has 0 amide bonds. The molecule has 1 aliphatic rings. The van der Waals surface area contributed by atoms with Gasteiger partial charge in [-0.2, -0.15) is 0 Å². The first-order valence-electron chi connectivity index (χ1n) is 8.12. The smallest absolute Gasteiger partial charge is 0.320 e. The number of carbonyl (C=O) groups is 1. The number of rotatable bonds is 4. The zero-order valence-electron chi connectivity index (χ0n) is 13.1. The molecule has 4 nitrogen and oxygen atoms in total. The highest BCUT2D eigenvalue weighted by molar-refractivity contribution is 7.10. The van der Waals surface area contributed by atoms with Crippen LogP contribution in [0.15, 0.2) is 53.9 Å². The van der Waals surface area contributed by atoms with E-state index < -0.39 is 12.0 Å². The van der Waals surface area contributed by atoms with E-state index in [1.165, 1.54) is 0 Å². The molecule has 4 rings (SSSR count). The molecule has 2 atom stereocenters. The van der Waals surface area contributed by atoms with Crippen molar-refractivity contribution >= 4 is 28.2 Å². The Morgan fingerprint density at radius 1 is 1.21 bits per heavy atom. The maximum atomic E-state index is 11.7. The summed E-state index contributed by atoms with van der Waals surface area (Å²) in [5.41, 5.74) is 1.87. The van der Waals surface area contributed by atoms with Crippen molar-refractivity contribution in [3.8, 4) is 0 Å². The predicted molar refractivity (Wildman–Crippen MR) is 95.3 cm³/mol. The molecule has 3 aromatic rings. The van der Waals surface area contributed by atoms with Crippen LogP contribution < -0.4 is 0 Å². The largest absolute Gasteiger partial charge is 0.480 e. The summed E-state index contributed by atoms with van der Waals surface area (Å²) in [5, 5.41) is 12.7. The van der Waals surface area contributed by atoms with Crippen LogP contribution in [0.5, 0.6) is 0 Å². The van der Waals surface area contributed by atoms with E-state index in [1.54, 1.807) is 11.3 Å². The van der Waals surface area contributed by atoms with Crippen LogP contribution in [-0.2, 0) is 4.79 Å². The van der Waals surface area contributed by atoms with Gasteiger partial charge in [-0.25, -0.2) is 0 Å². The topological polar surface area (TPSA) is 53.4 Å². The molecule has 1 N–H and O–H groups in total. The fourth-order valence-electron chi connectivity index (χ4n) is 3.52. The third kappa shape index (κ3) is 2.70. The Morgan fingerprint density at radius 3 is 2.88 bits per heavy atom. The van der Waals surface area contributed by atoms with E-state index in [0.717, 1.165) is 34.4 Å². The van der Waals surface area contributed by atoms with E-state index >= 15 is 0 Å². The Kier molecular flexibility index (Phi) is 4.04. The van der Waals surface area contributed by atoms with Crippen molar-refractivity contribution in [3.63, 3.8) is 0 Å². The summed E-state index contributed by atoms with van der Waals surface area (Å²) < 4.78 is 0. The number of thiophene rings is 1. The minimum Gasteiger partial charge on any atom is -0.480 e. The summed E-state index contributed by atoms with van der Waals surface area (Å²) in [6.45, 7) is 0.786. The van der Waals surface area contributed by atoms with E-state index in [4.69, 9.17) is 4.98 Å². The Hall–Kier alpha value is -2.24. The zero-order chi connectivity index (χ0) is 16.5. The van der Waals surface area contributed by atoms with Crippen LogP contribution in [0.4, 0.5) is 0 Å². The van der Waals surface area contributed by atoms with Crippen molar-refractivity contribution < 1.29 is 9.90 Å². The van der Waals surface area contributed by atoms with Gasteiger partial charge in [0.05, 0.1) is 17.3 Å². The van der Waals surface area contributed by atoms with Crippen molar-refractivity contribution in [2.75, 3.05) is 6.54 Å². The van der Waals surface area contributed by atoms with E-state index in [-0.39, 0.29) is 6.04 Å². The van der Waals surface area contributed by atoms with Crippen LogP contribution in [0.1, 0.15) is 29.5 Å². The van der Waals surface area contributed by atoms with E-state index in [0.29, 0.717) is 6.42 Å². The minimum atomic E-state index is -0.741. The summed E-state index contributed by atoms with van der Waals surface area (Å²) >= 11 is 1.66. The van der Waals surface area contributed by atoms with Gasteiger partial charge in [-0.15, -0.1) is 11.3 Å². The molecule has 3 heterocycles. The number of hydrogen-bond acceptors (Lipinski definition) is 4. The molecule has 0 spiro atoms. The number of pyridine rings is 1. The molecule has 1 fully saturated rings. The number of nitrogens with zero attached hydrogens (tertiary/aromatic N) is 2. The monoisotopic (exact) mass is 338 g/mol. The fraction of sp³-hybridized carbons (Fsp3) is 0.263. The van der Waals surface area contributed by atoms with Gasteiger partial charge in [-0.3, -0.25) is 14.7 Å². The van der Waals surface area contributed by atoms with Crippen LogP contribution in [0.25, 0.3) is 10.9 Å². The Bertz CT molecular complexity index is 863. The third-order valence-corrected chi connectivity index (χ3v) is 5.55. The Balaban J connectivity index is 1.81. The second-order valence-corrected chi connectivity index (χ2v) is 7.06. The highest BCUT2D eigenvalue weighted by atomic mass is 32.1. The van der Waals surface area contributed by atoms with Crippen LogP contribution in [-0.4, -0.2) is 33.5 Å². The molecule has 2 unspecified atom stereocenters. The predicted octanol–water partition coefficient (Wildman–Crippen LogP) is 3.93. The van der Waals surface area contributed by atoms with Crippen molar-refractivity contribution in [2.45, 2.75) is 24.9 Å².